The van der Waals surface area contributed by atoms with Gasteiger partial charge < -0.3 is 5.32 Å². The lowest BCUT2D eigenvalue weighted by molar-refractivity contribution is -0.124. The smallest absolute Gasteiger partial charge is 0.326 e. The second kappa shape index (κ2) is 6.00. The third-order valence-corrected chi connectivity index (χ3v) is 1.80. The van der Waals surface area contributed by atoms with Gasteiger partial charge in [0.15, 0.2) is 0 Å². The van der Waals surface area contributed by atoms with E-state index in [-0.39, 0.29) is 0 Å². The Labute approximate surface area is 92.0 Å². The maximum atomic E-state index is 11.8. The van der Waals surface area contributed by atoms with Crippen LogP contribution in [-0.4, -0.2) is 19.0 Å². The molecule has 0 aliphatic rings. The van der Waals surface area contributed by atoms with Crippen molar-refractivity contribution < 1.29 is 18.2 Å². The Hall–Kier alpha value is -1.72. The fourth-order valence-corrected chi connectivity index (χ4v) is 1.15. The van der Waals surface area contributed by atoms with Crippen LogP contribution in [0.3, 0.4) is 0 Å². The summed E-state index contributed by atoms with van der Waals surface area (Å²) in [4.78, 5) is 22.1. The van der Waals surface area contributed by atoms with Crippen LogP contribution in [-0.2, 0) is 9.59 Å². The fourth-order valence-electron chi connectivity index (χ4n) is 1.15. The van der Waals surface area contributed by atoms with Crippen molar-refractivity contribution in [1.82, 2.24) is 0 Å². The lowest BCUT2D eigenvalue weighted by atomic mass is 9.89. The zero-order valence-corrected chi connectivity index (χ0v) is 8.45. The van der Waals surface area contributed by atoms with Crippen LogP contribution >= 0.6 is 0 Å². The molecular weight excluding hydrogens is 215 g/mol. The third kappa shape index (κ3) is 4.68. The van der Waals surface area contributed by atoms with Crippen LogP contribution in [0.15, 0.2) is 30.3 Å². The molecule has 0 atom stereocenters. The highest BCUT2D eigenvalue weighted by Crippen LogP contribution is 2.06. The van der Waals surface area contributed by atoms with E-state index >= 15 is 0 Å². The van der Waals surface area contributed by atoms with Gasteiger partial charge in [0, 0.05) is 5.69 Å². The number of hydrogen-bond donors (Lipinski definition) is 1. The van der Waals surface area contributed by atoms with E-state index in [1.807, 2.05) is 0 Å². The number of carbonyl (C=O) groups is 2. The van der Waals surface area contributed by atoms with Crippen molar-refractivity contribution in [3.63, 3.8) is 0 Å². The molecular formula is C10H10BF2NO2. The molecule has 0 radical (unpaired) electrons. The summed E-state index contributed by atoms with van der Waals surface area (Å²) in [5.41, 5.74) is 0.539. The van der Waals surface area contributed by atoms with Gasteiger partial charge in [-0.05, 0) is 12.1 Å². The SMILES string of the molecule is O=C(CB(F)F)CC(=O)Nc1ccccc1. The van der Waals surface area contributed by atoms with E-state index in [4.69, 9.17) is 0 Å². The molecule has 6 heteroatoms. The molecule has 1 aromatic rings. The molecule has 84 valence electrons. The number of rotatable bonds is 5. The summed E-state index contributed by atoms with van der Waals surface area (Å²) >= 11 is 0. The Morgan fingerprint density at radius 2 is 1.81 bits per heavy atom. The Balaban J connectivity index is 2.39. The molecule has 3 nitrogen and oxygen atoms in total. The zero-order chi connectivity index (χ0) is 12.0. The zero-order valence-electron chi connectivity index (χ0n) is 8.45. The first-order chi connectivity index (χ1) is 7.58. The first-order valence-corrected chi connectivity index (χ1v) is 4.72. The number of amides is 1. The topological polar surface area (TPSA) is 46.2 Å². The van der Waals surface area contributed by atoms with E-state index < -0.39 is 31.7 Å². The van der Waals surface area contributed by atoms with Crippen LogP contribution in [0.1, 0.15) is 6.42 Å². The standard InChI is InChI=1S/C10H10BF2NO2/c12-11(13)7-9(15)6-10(16)14-8-4-2-1-3-5-8/h1-5H,6-7H2,(H,14,16). The van der Waals surface area contributed by atoms with E-state index in [0.29, 0.717) is 5.69 Å². The molecule has 0 unspecified atom stereocenters. The maximum Gasteiger partial charge on any atom is 0.545 e. The van der Waals surface area contributed by atoms with Gasteiger partial charge in [-0.3, -0.25) is 18.2 Å². The minimum atomic E-state index is -2.70. The number of halogens is 2. The van der Waals surface area contributed by atoms with E-state index in [9.17, 15) is 18.2 Å². The number of anilines is 1. The molecule has 0 bridgehead atoms. The molecule has 16 heavy (non-hydrogen) atoms. The van der Waals surface area contributed by atoms with E-state index in [1.165, 1.54) is 0 Å². The maximum absolute atomic E-state index is 11.8. The lowest BCUT2D eigenvalue weighted by Gasteiger charge is -2.03. The number of para-hydroxylation sites is 1. The monoisotopic (exact) mass is 225 g/mol. The molecule has 1 amide bonds. The largest absolute Gasteiger partial charge is 0.545 e. The molecule has 0 heterocycles. The molecule has 0 aliphatic heterocycles. The minimum absolute atomic E-state index is 0.515. The Morgan fingerprint density at radius 1 is 1.19 bits per heavy atom. The van der Waals surface area contributed by atoms with Crippen LogP contribution < -0.4 is 5.32 Å². The first-order valence-electron chi connectivity index (χ1n) is 4.72. The number of carbonyl (C=O) groups excluding carboxylic acids is 2. The quantitative estimate of drug-likeness (QED) is 0.615. The predicted octanol–water partition coefficient (Wildman–Crippen LogP) is 2.01. The highest BCUT2D eigenvalue weighted by Gasteiger charge is 2.20. The van der Waals surface area contributed by atoms with Crippen LogP contribution in [0.5, 0.6) is 0 Å². The van der Waals surface area contributed by atoms with Crippen molar-refractivity contribution >= 4 is 24.6 Å². The Morgan fingerprint density at radius 3 is 2.38 bits per heavy atom. The summed E-state index contributed by atoms with van der Waals surface area (Å²) in [6.45, 7) is 0. The molecule has 0 spiro atoms. The van der Waals surface area contributed by atoms with Crippen LogP contribution in [0.2, 0.25) is 6.32 Å². The van der Waals surface area contributed by atoms with Crippen molar-refractivity contribution in [2.45, 2.75) is 12.7 Å². The van der Waals surface area contributed by atoms with Gasteiger partial charge in [0.05, 0.1) is 12.7 Å². The highest BCUT2D eigenvalue weighted by molar-refractivity contribution is 6.48. The summed E-state index contributed by atoms with van der Waals surface area (Å²) in [6.07, 6.45) is -1.39. The van der Waals surface area contributed by atoms with Gasteiger partial charge in [0.2, 0.25) is 5.91 Å². The molecule has 0 fully saturated rings. The lowest BCUT2D eigenvalue weighted by Crippen LogP contribution is -2.18. The molecule has 1 rings (SSSR count). The summed E-state index contributed by atoms with van der Waals surface area (Å²) in [6, 6.07) is 8.51. The van der Waals surface area contributed by atoms with Gasteiger partial charge in [-0.25, -0.2) is 0 Å². The van der Waals surface area contributed by atoms with Crippen molar-refractivity contribution in [3.05, 3.63) is 30.3 Å². The fraction of sp³-hybridized carbons (Fsp3) is 0.200. The summed E-state index contributed by atoms with van der Waals surface area (Å²) in [7, 11) is -2.70. The number of hydrogen-bond acceptors (Lipinski definition) is 2. The van der Waals surface area contributed by atoms with Gasteiger partial charge >= 0.3 is 7.27 Å². The summed E-state index contributed by atoms with van der Waals surface area (Å²) in [5, 5.41) is 2.44. The molecule has 0 saturated heterocycles. The van der Waals surface area contributed by atoms with Crippen molar-refractivity contribution in [1.29, 1.82) is 0 Å². The van der Waals surface area contributed by atoms with Crippen LogP contribution in [0.25, 0.3) is 0 Å². The molecule has 0 aromatic heterocycles. The Kier molecular flexibility index (Phi) is 4.63. The number of ketones is 1. The van der Waals surface area contributed by atoms with Crippen molar-refractivity contribution in [3.8, 4) is 0 Å². The second-order valence-electron chi connectivity index (χ2n) is 3.22. The number of benzene rings is 1. The third-order valence-electron chi connectivity index (χ3n) is 1.80. The summed E-state index contributed by atoms with van der Waals surface area (Å²) in [5.74, 6) is -1.33. The number of nitrogens with one attached hydrogen (secondary N) is 1. The van der Waals surface area contributed by atoms with Gasteiger partial charge in [-0.2, -0.15) is 0 Å². The van der Waals surface area contributed by atoms with Crippen molar-refractivity contribution in [2.24, 2.45) is 0 Å². The molecule has 1 N–H and O–H groups in total. The molecule has 0 saturated carbocycles. The van der Waals surface area contributed by atoms with Gasteiger partial charge in [-0.1, -0.05) is 18.2 Å². The van der Waals surface area contributed by atoms with E-state index in [0.717, 1.165) is 0 Å². The average Bonchev–Trinajstić information content (AvgIpc) is 2.17. The van der Waals surface area contributed by atoms with Crippen LogP contribution in [0, 0.1) is 0 Å². The predicted molar refractivity (Wildman–Crippen MR) is 57.5 cm³/mol. The molecule has 1 aromatic carbocycles. The van der Waals surface area contributed by atoms with Gasteiger partial charge in [-0.15, -0.1) is 0 Å². The normalized spacial score (nSPS) is 9.62. The first kappa shape index (κ1) is 12.4. The minimum Gasteiger partial charge on any atom is -0.326 e. The number of Topliss-reactive ketones (excluding diaryl/α,β-unsaturated/α-hetero) is 1. The van der Waals surface area contributed by atoms with Gasteiger partial charge in [0.1, 0.15) is 5.78 Å². The Bertz CT molecular complexity index is 370. The second-order valence-corrected chi connectivity index (χ2v) is 3.22. The summed E-state index contributed by atoms with van der Waals surface area (Å²) < 4.78 is 23.6. The molecule has 0 aliphatic carbocycles. The van der Waals surface area contributed by atoms with Gasteiger partial charge in [0.25, 0.3) is 0 Å². The van der Waals surface area contributed by atoms with E-state index in [2.05, 4.69) is 5.32 Å². The highest BCUT2D eigenvalue weighted by atomic mass is 19.2. The van der Waals surface area contributed by atoms with Crippen molar-refractivity contribution in [2.75, 3.05) is 5.32 Å². The average molecular weight is 225 g/mol. The van der Waals surface area contributed by atoms with E-state index in [1.54, 1.807) is 30.3 Å². The van der Waals surface area contributed by atoms with Crippen LogP contribution in [0.4, 0.5) is 14.3 Å².